The molecule has 0 fully saturated rings. The zero-order valence-corrected chi connectivity index (χ0v) is 38.3. The molecule has 0 aromatic rings. The summed E-state index contributed by atoms with van der Waals surface area (Å²) in [4.78, 5) is 37.8. The van der Waals surface area contributed by atoms with Crippen molar-refractivity contribution in [2.45, 2.75) is 252 Å². The number of ether oxygens (including phenoxy) is 3. The molecule has 336 valence electrons. The molecule has 0 heterocycles. The van der Waals surface area contributed by atoms with Crippen molar-refractivity contribution in [3.8, 4) is 0 Å². The Balaban J connectivity index is 4.33. The van der Waals surface area contributed by atoms with Crippen molar-refractivity contribution in [3.05, 3.63) is 48.6 Å². The summed E-state index contributed by atoms with van der Waals surface area (Å²) in [5, 5.41) is 0. The van der Waals surface area contributed by atoms with E-state index in [-0.39, 0.29) is 31.1 Å². The number of allylic oxidation sites excluding steroid dienone is 8. The summed E-state index contributed by atoms with van der Waals surface area (Å²) in [7, 11) is 0. The third kappa shape index (κ3) is 44.5. The highest BCUT2D eigenvalue weighted by Gasteiger charge is 2.19. The molecule has 0 aliphatic rings. The number of carbonyl (C=O) groups excluding carboxylic acids is 3. The van der Waals surface area contributed by atoms with Gasteiger partial charge in [-0.05, 0) is 83.5 Å². The molecule has 0 saturated heterocycles. The Hall–Kier alpha value is -2.63. The van der Waals surface area contributed by atoms with Crippen LogP contribution in [0, 0.1) is 0 Å². The highest BCUT2D eigenvalue weighted by molar-refractivity contribution is 5.71. The molecule has 58 heavy (non-hydrogen) atoms. The van der Waals surface area contributed by atoms with Crippen LogP contribution in [0.4, 0.5) is 0 Å². The molecular formula is C52H92O6. The van der Waals surface area contributed by atoms with Crippen molar-refractivity contribution < 1.29 is 28.6 Å². The van der Waals surface area contributed by atoms with Gasteiger partial charge in [0.2, 0.25) is 0 Å². The van der Waals surface area contributed by atoms with Gasteiger partial charge in [0, 0.05) is 19.3 Å². The molecular weight excluding hydrogens is 721 g/mol. The predicted molar refractivity (Wildman–Crippen MR) is 247 cm³/mol. The van der Waals surface area contributed by atoms with Crippen LogP contribution in [-0.4, -0.2) is 37.2 Å². The number of carbonyl (C=O) groups is 3. The zero-order chi connectivity index (χ0) is 42.3. The van der Waals surface area contributed by atoms with Crippen LogP contribution in [0.15, 0.2) is 48.6 Å². The van der Waals surface area contributed by atoms with Crippen LogP contribution in [0.1, 0.15) is 245 Å². The van der Waals surface area contributed by atoms with Gasteiger partial charge in [0.15, 0.2) is 6.10 Å². The van der Waals surface area contributed by atoms with Gasteiger partial charge in [0.25, 0.3) is 0 Å². The molecule has 0 aromatic heterocycles. The molecule has 0 spiro atoms. The van der Waals surface area contributed by atoms with E-state index in [1.165, 1.54) is 116 Å². The molecule has 1 unspecified atom stereocenters. The average molecular weight is 813 g/mol. The van der Waals surface area contributed by atoms with Crippen molar-refractivity contribution in [2.75, 3.05) is 13.2 Å². The van der Waals surface area contributed by atoms with Gasteiger partial charge in [-0.15, -0.1) is 0 Å². The Morgan fingerprint density at radius 1 is 0.345 bits per heavy atom. The van der Waals surface area contributed by atoms with Gasteiger partial charge in [-0.25, -0.2) is 0 Å². The monoisotopic (exact) mass is 813 g/mol. The molecule has 0 bridgehead atoms. The summed E-state index contributed by atoms with van der Waals surface area (Å²) in [6, 6.07) is 0. The SMILES string of the molecule is CCCCC/C=C\C/C=C\C/C=C\CCCCCCCCC(=O)OCC(COC(=O)CCCCCCCCCCC)OC(=O)CCCCCCC/C=C\CCCCC. The van der Waals surface area contributed by atoms with Crippen LogP contribution >= 0.6 is 0 Å². The standard InChI is InChI=1S/C52H92O6/c1-4-7-10-13-16-19-21-23-24-25-26-27-28-29-31-33-36-39-42-45-51(54)57-48-49(47-56-50(53)44-41-38-35-32-18-15-12-9-6-3)58-52(55)46-43-40-37-34-30-22-20-17-14-11-8-5-2/h16-17,19-20,23-24,26-27,49H,4-15,18,21-22,25,28-48H2,1-3H3/b19-16-,20-17-,24-23-,27-26-. The normalized spacial score (nSPS) is 12.4. The van der Waals surface area contributed by atoms with E-state index in [1.807, 2.05) is 0 Å². The maximum atomic E-state index is 12.7. The van der Waals surface area contributed by atoms with Gasteiger partial charge >= 0.3 is 17.9 Å². The Labute approximate surface area is 358 Å². The van der Waals surface area contributed by atoms with E-state index in [9.17, 15) is 14.4 Å². The highest BCUT2D eigenvalue weighted by atomic mass is 16.6. The fraction of sp³-hybridized carbons (Fsp3) is 0.788. The van der Waals surface area contributed by atoms with Gasteiger partial charge in [0.1, 0.15) is 13.2 Å². The Morgan fingerprint density at radius 3 is 1.02 bits per heavy atom. The maximum absolute atomic E-state index is 12.7. The predicted octanol–water partition coefficient (Wildman–Crippen LogP) is 15.9. The minimum atomic E-state index is -0.778. The zero-order valence-electron chi connectivity index (χ0n) is 38.3. The fourth-order valence-corrected chi connectivity index (χ4v) is 6.80. The van der Waals surface area contributed by atoms with E-state index in [1.54, 1.807) is 0 Å². The summed E-state index contributed by atoms with van der Waals surface area (Å²) in [6.45, 7) is 6.55. The molecule has 0 rings (SSSR count). The number of esters is 3. The summed E-state index contributed by atoms with van der Waals surface area (Å²) in [5.41, 5.74) is 0. The molecule has 6 nitrogen and oxygen atoms in total. The van der Waals surface area contributed by atoms with Gasteiger partial charge in [-0.2, -0.15) is 0 Å². The first kappa shape index (κ1) is 55.4. The van der Waals surface area contributed by atoms with Gasteiger partial charge in [0.05, 0.1) is 0 Å². The smallest absolute Gasteiger partial charge is 0.306 e. The molecule has 6 heteroatoms. The second kappa shape index (κ2) is 47.1. The third-order valence-corrected chi connectivity index (χ3v) is 10.6. The van der Waals surface area contributed by atoms with Crippen molar-refractivity contribution >= 4 is 17.9 Å². The van der Waals surface area contributed by atoms with Gasteiger partial charge in [-0.3, -0.25) is 14.4 Å². The lowest BCUT2D eigenvalue weighted by molar-refractivity contribution is -0.167. The van der Waals surface area contributed by atoms with E-state index in [2.05, 4.69) is 69.4 Å². The third-order valence-electron chi connectivity index (χ3n) is 10.6. The van der Waals surface area contributed by atoms with E-state index >= 15 is 0 Å². The van der Waals surface area contributed by atoms with Crippen molar-refractivity contribution in [2.24, 2.45) is 0 Å². The lowest BCUT2D eigenvalue weighted by Crippen LogP contribution is -2.30. The molecule has 0 radical (unpaired) electrons. The summed E-state index contributed by atoms with van der Waals surface area (Å²) >= 11 is 0. The number of rotatable bonds is 44. The lowest BCUT2D eigenvalue weighted by Gasteiger charge is -2.18. The molecule has 1 atom stereocenters. The van der Waals surface area contributed by atoms with Crippen LogP contribution < -0.4 is 0 Å². The molecule has 0 aromatic carbocycles. The maximum Gasteiger partial charge on any atom is 0.306 e. The van der Waals surface area contributed by atoms with E-state index in [4.69, 9.17) is 14.2 Å². The fourth-order valence-electron chi connectivity index (χ4n) is 6.80. The Bertz CT molecular complexity index is 1030. The van der Waals surface area contributed by atoms with Crippen LogP contribution in [0.3, 0.4) is 0 Å². The first-order valence-electron chi connectivity index (χ1n) is 24.6. The quantitative estimate of drug-likeness (QED) is 0.0264. The number of hydrogen-bond acceptors (Lipinski definition) is 6. The van der Waals surface area contributed by atoms with Crippen LogP contribution in [0.2, 0.25) is 0 Å². The molecule has 0 saturated carbocycles. The molecule has 0 aliphatic heterocycles. The first-order valence-corrected chi connectivity index (χ1v) is 24.6. The minimum absolute atomic E-state index is 0.0794. The van der Waals surface area contributed by atoms with Gasteiger partial charge < -0.3 is 14.2 Å². The van der Waals surface area contributed by atoms with Crippen LogP contribution in [0.25, 0.3) is 0 Å². The van der Waals surface area contributed by atoms with Crippen molar-refractivity contribution in [3.63, 3.8) is 0 Å². The van der Waals surface area contributed by atoms with Crippen LogP contribution in [0.5, 0.6) is 0 Å². The number of hydrogen-bond donors (Lipinski definition) is 0. The number of unbranched alkanes of at least 4 members (excludes halogenated alkanes) is 25. The molecule has 0 aliphatic carbocycles. The minimum Gasteiger partial charge on any atom is -0.462 e. The largest absolute Gasteiger partial charge is 0.462 e. The van der Waals surface area contributed by atoms with Crippen LogP contribution in [-0.2, 0) is 28.6 Å². The summed E-state index contributed by atoms with van der Waals surface area (Å²) < 4.78 is 16.7. The molecule has 0 N–H and O–H groups in total. The van der Waals surface area contributed by atoms with Crippen molar-refractivity contribution in [1.29, 1.82) is 0 Å². The second-order valence-electron chi connectivity index (χ2n) is 16.4. The van der Waals surface area contributed by atoms with E-state index < -0.39 is 6.10 Å². The highest BCUT2D eigenvalue weighted by Crippen LogP contribution is 2.14. The summed E-state index contributed by atoms with van der Waals surface area (Å²) in [5.74, 6) is -0.902. The second-order valence-corrected chi connectivity index (χ2v) is 16.4. The first-order chi connectivity index (χ1) is 28.5. The van der Waals surface area contributed by atoms with E-state index in [0.29, 0.717) is 19.3 Å². The molecule has 0 amide bonds. The van der Waals surface area contributed by atoms with E-state index in [0.717, 1.165) is 89.9 Å². The Kier molecular flexibility index (Phi) is 44.9. The van der Waals surface area contributed by atoms with Gasteiger partial charge in [-0.1, -0.05) is 191 Å². The Morgan fingerprint density at radius 2 is 0.621 bits per heavy atom. The average Bonchev–Trinajstić information content (AvgIpc) is 3.22. The topological polar surface area (TPSA) is 78.9 Å². The summed E-state index contributed by atoms with van der Waals surface area (Å²) in [6.07, 6.45) is 55.2. The van der Waals surface area contributed by atoms with Crippen molar-refractivity contribution in [1.82, 2.24) is 0 Å². The lowest BCUT2D eigenvalue weighted by atomic mass is 10.1.